The van der Waals surface area contributed by atoms with E-state index in [2.05, 4.69) is 0 Å². The lowest BCUT2D eigenvalue weighted by Gasteiger charge is -2.20. The van der Waals surface area contributed by atoms with E-state index in [0.717, 1.165) is 0 Å². The van der Waals surface area contributed by atoms with Gasteiger partial charge in [0.15, 0.2) is 11.5 Å². The molecule has 84 valence electrons. The molecule has 1 rings (SSSR count). The molecule has 0 aliphatic rings. The zero-order valence-electron chi connectivity index (χ0n) is 9.17. The lowest BCUT2D eigenvalue weighted by molar-refractivity contribution is 0.367. The van der Waals surface area contributed by atoms with E-state index in [9.17, 15) is 5.11 Å². The second kappa shape index (κ2) is 4.29. The van der Waals surface area contributed by atoms with Crippen molar-refractivity contribution in [1.82, 2.24) is 0 Å². The van der Waals surface area contributed by atoms with E-state index >= 15 is 0 Å². The standard InChI is InChI=1S/C11H16ClNO2/c1-11(2,13)6-7-8(12)4-5-9(15-3)10(7)14/h4-5,14H,6,13H2,1-3H3. The number of nitrogens with two attached hydrogens (primary N) is 1. The van der Waals surface area contributed by atoms with Gasteiger partial charge in [0.2, 0.25) is 0 Å². The topological polar surface area (TPSA) is 55.5 Å². The minimum atomic E-state index is -0.423. The molecule has 0 atom stereocenters. The van der Waals surface area contributed by atoms with Gasteiger partial charge in [0.25, 0.3) is 0 Å². The van der Waals surface area contributed by atoms with Crippen LogP contribution in [0.5, 0.6) is 11.5 Å². The minimum absolute atomic E-state index is 0.0727. The molecule has 0 saturated heterocycles. The quantitative estimate of drug-likeness (QED) is 0.837. The first kappa shape index (κ1) is 12.1. The Morgan fingerprint density at radius 3 is 2.53 bits per heavy atom. The molecule has 0 amide bonds. The number of rotatable bonds is 3. The molecule has 1 aromatic rings. The number of halogens is 1. The first-order valence-corrected chi connectivity index (χ1v) is 5.06. The number of phenolic OH excluding ortho intramolecular Hbond substituents is 1. The summed E-state index contributed by atoms with van der Waals surface area (Å²) in [4.78, 5) is 0. The Labute approximate surface area is 94.8 Å². The third-order valence-corrected chi connectivity index (χ3v) is 2.39. The summed E-state index contributed by atoms with van der Waals surface area (Å²) >= 11 is 5.99. The summed E-state index contributed by atoms with van der Waals surface area (Å²) in [6.07, 6.45) is 0.495. The van der Waals surface area contributed by atoms with Crippen molar-refractivity contribution in [2.45, 2.75) is 25.8 Å². The first-order valence-electron chi connectivity index (χ1n) is 4.68. The van der Waals surface area contributed by atoms with Crippen LogP contribution in [-0.4, -0.2) is 17.8 Å². The SMILES string of the molecule is COc1ccc(Cl)c(CC(C)(C)N)c1O. The van der Waals surface area contributed by atoms with E-state index in [1.807, 2.05) is 13.8 Å². The molecule has 0 spiro atoms. The van der Waals surface area contributed by atoms with Crippen LogP contribution in [0.25, 0.3) is 0 Å². The number of ether oxygens (including phenoxy) is 1. The third-order valence-electron chi connectivity index (χ3n) is 2.04. The van der Waals surface area contributed by atoms with Gasteiger partial charge >= 0.3 is 0 Å². The van der Waals surface area contributed by atoms with Gasteiger partial charge < -0.3 is 15.6 Å². The van der Waals surface area contributed by atoms with Crippen molar-refractivity contribution in [3.05, 3.63) is 22.7 Å². The highest BCUT2D eigenvalue weighted by Gasteiger charge is 2.19. The summed E-state index contributed by atoms with van der Waals surface area (Å²) in [5.41, 5.74) is 6.09. The van der Waals surface area contributed by atoms with Gasteiger partial charge in [-0.2, -0.15) is 0 Å². The molecular formula is C11H16ClNO2. The second-order valence-electron chi connectivity index (χ2n) is 4.24. The largest absolute Gasteiger partial charge is 0.504 e. The van der Waals surface area contributed by atoms with E-state index in [4.69, 9.17) is 22.1 Å². The number of hydrogen-bond acceptors (Lipinski definition) is 3. The third kappa shape index (κ3) is 3.01. The Bertz CT molecular complexity index is 358. The summed E-state index contributed by atoms with van der Waals surface area (Å²) in [5.74, 6) is 0.488. The second-order valence-corrected chi connectivity index (χ2v) is 4.65. The van der Waals surface area contributed by atoms with Gasteiger partial charge in [0, 0.05) is 16.1 Å². The van der Waals surface area contributed by atoms with Crippen LogP contribution in [0.15, 0.2) is 12.1 Å². The molecule has 15 heavy (non-hydrogen) atoms. The molecule has 0 heterocycles. The van der Waals surface area contributed by atoms with Gasteiger partial charge in [-0.25, -0.2) is 0 Å². The van der Waals surface area contributed by atoms with Crippen LogP contribution in [0.1, 0.15) is 19.4 Å². The molecule has 0 radical (unpaired) electrons. The van der Waals surface area contributed by atoms with Crippen molar-refractivity contribution in [3.8, 4) is 11.5 Å². The van der Waals surface area contributed by atoms with Crippen LogP contribution in [0.2, 0.25) is 5.02 Å². The summed E-state index contributed by atoms with van der Waals surface area (Å²) in [6.45, 7) is 3.75. The minimum Gasteiger partial charge on any atom is -0.504 e. The Morgan fingerprint density at radius 1 is 1.47 bits per heavy atom. The highest BCUT2D eigenvalue weighted by atomic mass is 35.5. The predicted molar refractivity (Wildman–Crippen MR) is 61.6 cm³/mol. The van der Waals surface area contributed by atoms with E-state index in [1.54, 1.807) is 12.1 Å². The Hall–Kier alpha value is -0.930. The van der Waals surface area contributed by atoms with Crippen molar-refractivity contribution >= 4 is 11.6 Å². The highest BCUT2D eigenvalue weighted by Crippen LogP contribution is 2.36. The predicted octanol–water partition coefficient (Wildman–Crippen LogP) is 2.33. The van der Waals surface area contributed by atoms with Gasteiger partial charge in [-0.05, 0) is 32.4 Å². The van der Waals surface area contributed by atoms with Gasteiger partial charge in [-0.3, -0.25) is 0 Å². The van der Waals surface area contributed by atoms with E-state index in [-0.39, 0.29) is 5.75 Å². The Morgan fingerprint density at radius 2 is 2.07 bits per heavy atom. The van der Waals surface area contributed by atoms with E-state index in [1.165, 1.54) is 7.11 Å². The van der Waals surface area contributed by atoms with E-state index in [0.29, 0.717) is 22.8 Å². The molecule has 3 N–H and O–H groups in total. The molecule has 0 saturated carbocycles. The van der Waals surface area contributed by atoms with Gasteiger partial charge in [0.1, 0.15) is 0 Å². The summed E-state index contributed by atoms with van der Waals surface area (Å²) in [5, 5.41) is 10.4. The van der Waals surface area contributed by atoms with Crippen molar-refractivity contribution < 1.29 is 9.84 Å². The van der Waals surface area contributed by atoms with Crippen LogP contribution in [0.3, 0.4) is 0 Å². The van der Waals surface area contributed by atoms with Crippen molar-refractivity contribution in [2.75, 3.05) is 7.11 Å². The number of benzene rings is 1. The fourth-order valence-electron chi connectivity index (χ4n) is 1.38. The summed E-state index contributed by atoms with van der Waals surface area (Å²) in [7, 11) is 1.50. The molecule has 0 unspecified atom stereocenters. The lowest BCUT2D eigenvalue weighted by atomic mass is 9.95. The molecule has 0 aliphatic carbocycles. The fraction of sp³-hybridized carbons (Fsp3) is 0.455. The average molecular weight is 230 g/mol. The smallest absolute Gasteiger partial charge is 0.162 e. The first-order chi connectivity index (χ1) is 6.85. The van der Waals surface area contributed by atoms with Crippen LogP contribution in [-0.2, 0) is 6.42 Å². The molecule has 4 heteroatoms. The van der Waals surface area contributed by atoms with Crippen molar-refractivity contribution in [1.29, 1.82) is 0 Å². The summed E-state index contributed by atoms with van der Waals surface area (Å²) in [6, 6.07) is 3.33. The molecule has 0 fully saturated rings. The van der Waals surface area contributed by atoms with Crippen LogP contribution >= 0.6 is 11.6 Å². The number of phenols is 1. The average Bonchev–Trinajstić information content (AvgIpc) is 2.11. The Kier molecular flexibility index (Phi) is 3.47. The molecule has 0 bridgehead atoms. The number of aromatic hydroxyl groups is 1. The number of hydrogen-bond donors (Lipinski definition) is 2. The van der Waals surface area contributed by atoms with Gasteiger partial charge in [-0.15, -0.1) is 0 Å². The zero-order chi connectivity index (χ0) is 11.6. The van der Waals surface area contributed by atoms with E-state index < -0.39 is 5.54 Å². The maximum absolute atomic E-state index is 9.87. The van der Waals surface area contributed by atoms with Crippen LogP contribution < -0.4 is 10.5 Å². The monoisotopic (exact) mass is 229 g/mol. The molecule has 0 aliphatic heterocycles. The van der Waals surface area contributed by atoms with Crippen LogP contribution in [0, 0.1) is 0 Å². The molecule has 0 aromatic heterocycles. The highest BCUT2D eigenvalue weighted by molar-refractivity contribution is 6.31. The normalized spacial score (nSPS) is 11.5. The lowest BCUT2D eigenvalue weighted by Crippen LogP contribution is -2.34. The molecule has 1 aromatic carbocycles. The van der Waals surface area contributed by atoms with Crippen molar-refractivity contribution in [2.24, 2.45) is 5.73 Å². The fourth-order valence-corrected chi connectivity index (χ4v) is 1.60. The summed E-state index contributed by atoms with van der Waals surface area (Å²) < 4.78 is 5.01. The molecule has 3 nitrogen and oxygen atoms in total. The molecular weight excluding hydrogens is 214 g/mol. The zero-order valence-corrected chi connectivity index (χ0v) is 9.93. The maximum Gasteiger partial charge on any atom is 0.162 e. The maximum atomic E-state index is 9.87. The van der Waals surface area contributed by atoms with Gasteiger partial charge in [0.05, 0.1) is 7.11 Å². The number of methoxy groups -OCH3 is 1. The Balaban J connectivity index is 3.15. The van der Waals surface area contributed by atoms with Gasteiger partial charge in [-0.1, -0.05) is 11.6 Å². The van der Waals surface area contributed by atoms with Crippen molar-refractivity contribution in [3.63, 3.8) is 0 Å². The van der Waals surface area contributed by atoms with Crippen LogP contribution in [0.4, 0.5) is 0 Å².